The number of aryl methyl sites for hydroxylation is 1. The summed E-state index contributed by atoms with van der Waals surface area (Å²) in [6.45, 7) is 2.07. The minimum atomic E-state index is 0.292. The first kappa shape index (κ1) is 12.0. The molecule has 1 heterocycles. The summed E-state index contributed by atoms with van der Waals surface area (Å²) in [5.41, 5.74) is 8.19. The van der Waals surface area contributed by atoms with Gasteiger partial charge in [-0.05, 0) is 24.1 Å². The van der Waals surface area contributed by atoms with Crippen molar-refractivity contribution in [3.8, 4) is 17.0 Å². The second-order valence-corrected chi connectivity index (χ2v) is 4.53. The Morgan fingerprint density at radius 2 is 2.18 bits per heavy atom. The molecule has 90 valence electrons. The first-order chi connectivity index (χ1) is 8.15. The standard InChI is InChI=1S/C12H13BrN2O2/c1-3-7-4-8(13)5-9(12(7)16-2)10-6-11(14)17-15-10/h4-6H,3,14H2,1-2H3. The monoisotopic (exact) mass is 296 g/mol. The molecule has 5 heteroatoms. The molecular formula is C12H13BrN2O2. The van der Waals surface area contributed by atoms with E-state index in [-0.39, 0.29) is 0 Å². The van der Waals surface area contributed by atoms with Crippen molar-refractivity contribution in [1.29, 1.82) is 0 Å². The van der Waals surface area contributed by atoms with Gasteiger partial charge >= 0.3 is 0 Å². The van der Waals surface area contributed by atoms with Crippen LogP contribution in [0.1, 0.15) is 12.5 Å². The molecule has 2 N–H and O–H groups in total. The minimum Gasteiger partial charge on any atom is -0.496 e. The number of nitrogen functional groups attached to an aromatic ring is 1. The molecule has 0 spiro atoms. The molecule has 0 aliphatic rings. The van der Waals surface area contributed by atoms with Crippen molar-refractivity contribution in [2.24, 2.45) is 0 Å². The van der Waals surface area contributed by atoms with E-state index >= 15 is 0 Å². The second-order valence-electron chi connectivity index (χ2n) is 3.61. The van der Waals surface area contributed by atoms with Crippen LogP contribution >= 0.6 is 15.9 Å². The van der Waals surface area contributed by atoms with E-state index in [2.05, 4.69) is 28.0 Å². The molecule has 0 aliphatic heterocycles. The van der Waals surface area contributed by atoms with Crippen LogP contribution < -0.4 is 10.5 Å². The summed E-state index contributed by atoms with van der Waals surface area (Å²) in [7, 11) is 1.65. The van der Waals surface area contributed by atoms with Gasteiger partial charge in [0.25, 0.3) is 0 Å². The van der Waals surface area contributed by atoms with Gasteiger partial charge in [-0.1, -0.05) is 28.0 Å². The first-order valence-electron chi connectivity index (χ1n) is 5.24. The third kappa shape index (κ3) is 2.29. The summed E-state index contributed by atoms with van der Waals surface area (Å²) in [5, 5.41) is 3.91. The number of hydrogen-bond acceptors (Lipinski definition) is 4. The van der Waals surface area contributed by atoms with E-state index in [0.717, 1.165) is 27.8 Å². The number of methoxy groups -OCH3 is 1. The van der Waals surface area contributed by atoms with Crippen molar-refractivity contribution in [3.63, 3.8) is 0 Å². The highest BCUT2D eigenvalue weighted by atomic mass is 79.9. The largest absolute Gasteiger partial charge is 0.496 e. The van der Waals surface area contributed by atoms with Gasteiger partial charge in [-0.3, -0.25) is 0 Å². The van der Waals surface area contributed by atoms with Crippen molar-refractivity contribution in [2.45, 2.75) is 13.3 Å². The molecule has 0 aliphatic carbocycles. The molecule has 0 bridgehead atoms. The Balaban J connectivity index is 2.63. The quantitative estimate of drug-likeness (QED) is 0.944. The van der Waals surface area contributed by atoms with Crippen molar-refractivity contribution < 1.29 is 9.26 Å². The van der Waals surface area contributed by atoms with Gasteiger partial charge in [0.05, 0.1) is 7.11 Å². The van der Waals surface area contributed by atoms with Crippen LogP contribution in [0.2, 0.25) is 0 Å². The summed E-state index contributed by atoms with van der Waals surface area (Å²) in [5.74, 6) is 1.10. The third-order valence-electron chi connectivity index (χ3n) is 2.52. The number of benzene rings is 1. The Morgan fingerprint density at radius 1 is 1.41 bits per heavy atom. The first-order valence-corrected chi connectivity index (χ1v) is 6.04. The number of anilines is 1. The van der Waals surface area contributed by atoms with E-state index in [0.29, 0.717) is 11.6 Å². The van der Waals surface area contributed by atoms with Crippen molar-refractivity contribution in [3.05, 3.63) is 28.2 Å². The molecule has 0 amide bonds. The zero-order valence-electron chi connectivity index (χ0n) is 9.66. The van der Waals surface area contributed by atoms with Gasteiger partial charge in [0, 0.05) is 16.1 Å². The normalized spacial score (nSPS) is 10.5. The Labute approximate surface area is 108 Å². The van der Waals surface area contributed by atoms with Crippen molar-refractivity contribution >= 4 is 21.8 Å². The van der Waals surface area contributed by atoms with Gasteiger partial charge in [0.15, 0.2) is 0 Å². The van der Waals surface area contributed by atoms with E-state index < -0.39 is 0 Å². The van der Waals surface area contributed by atoms with Crippen LogP contribution in [0.5, 0.6) is 5.75 Å². The molecule has 4 nitrogen and oxygen atoms in total. The third-order valence-corrected chi connectivity index (χ3v) is 2.98. The molecule has 0 saturated heterocycles. The number of ether oxygens (including phenoxy) is 1. The minimum absolute atomic E-state index is 0.292. The van der Waals surface area contributed by atoms with Crippen molar-refractivity contribution in [1.82, 2.24) is 5.16 Å². The summed E-state index contributed by atoms with van der Waals surface area (Å²) >= 11 is 3.48. The van der Waals surface area contributed by atoms with Crippen molar-refractivity contribution in [2.75, 3.05) is 12.8 Å². The van der Waals surface area contributed by atoms with Crippen LogP contribution in [0, 0.1) is 0 Å². The SMILES string of the molecule is CCc1cc(Br)cc(-c2cc(N)on2)c1OC. The predicted octanol–water partition coefficient (Wildman–Crippen LogP) is 3.26. The van der Waals surface area contributed by atoms with E-state index in [1.807, 2.05) is 12.1 Å². The Hall–Kier alpha value is -1.49. The number of nitrogens with two attached hydrogens (primary N) is 1. The Bertz CT molecular complexity index is 537. The van der Waals surface area contributed by atoms with Gasteiger partial charge in [-0.15, -0.1) is 0 Å². The van der Waals surface area contributed by atoms with Gasteiger partial charge < -0.3 is 15.0 Å². The topological polar surface area (TPSA) is 61.3 Å². The molecule has 1 aromatic carbocycles. The highest BCUT2D eigenvalue weighted by molar-refractivity contribution is 9.10. The molecule has 0 atom stereocenters. The summed E-state index contributed by atoms with van der Waals surface area (Å²) in [4.78, 5) is 0. The molecule has 1 aromatic heterocycles. The van der Waals surface area contributed by atoms with E-state index in [9.17, 15) is 0 Å². The van der Waals surface area contributed by atoms with E-state index in [1.54, 1.807) is 13.2 Å². The molecule has 2 rings (SSSR count). The lowest BCUT2D eigenvalue weighted by molar-refractivity contribution is 0.409. The lowest BCUT2D eigenvalue weighted by Gasteiger charge is -2.11. The lowest BCUT2D eigenvalue weighted by atomic mass is 10.0. The highest BCUT2D eigenvalue weighted by Gasteiger charge is 2.14. The summed E-state index contributed by atoms with van der Waals surface area (Å²) < 4.78 is 11.3. The predicted molar refractivity (Wildman–Crippen MR) is 70.0 cm³/mol. The Morgan fingerprint density at radius 3 is 2.71 bits per heavy atom. The number of halogens is 1. The molecule has 0 unspecified atom stereocenters. The van der Waals surface area contributed by atoms with Crippen LogP contribution in [0.3, 0.4) is 0 Å². The molecule has 0 saturated carbocycles. The zero-order valence-corrected chi connectivity index (χ0v) is 11.2. The number of rotatable bonds is 3. The molecule has 17 heavy (non-hydrogen) atoms. The zero-order chi connectivity index (χ0) is 12.4. The van der Waals surface area contributed by atoms with Crippen LogP contribution in [0.15, 0.2) is 27.2 Å². The van der Waals surface area contributed by atoms with Crippen LogP contribution in [-0.2, 0) is 6.42 Å². The molecule has 0 radical (unpaired) electrons. The van der Waals surface area contributed by atoms with E-state index in [4.69, 9.17) is 15.0 Å². The van der Waals surface area contributed by atoms with Gasteiger partial charge in [0.2, 0.25) is 5.88 Å². The summed E-state index contributed by atoms with van der Waals surface area (Å²) in [6.07, 6.45) is 0.878. The average molecular weight is 297 g/mol. The lowest BCUT2D eigenvalue weighted by Crippen LogP contribution is -1.94. The molecule has 2 aromatic rings. The maximum Gasteiger partial charge on any atom is 0.222 e. The number of nitrogens with zero attached hydrogens (tertiary/aromatic N) is 1. The van der Waals surface area contributed by atoms with Crippen LogP contribution in [0.25, 0.3) is 11.3 Å². The average Bonchev–Trinajstić information content (AvgIpc) is 2.74. The second kappa shape index (κ2) is 4.79. The highest BCUT2D eigenvalue weighted by Crippen LogP contribution is 2.36. The fourth-order valence-corrected chi connectivity index (χ4v) is 2.27. The maximum absolute atomic E-state index is 5.53. The summed E-state index contributed by atoms with van der Waals surface area (Å²) in [6, 6.07) is 5.66. The fourth-order valence-electron chi connectivity index (χ4n) is 1.76. The van der Waals surface area contributed by atoms with E-state index in [1.165, 1.54) is 0 Å². The van der Waals surface area contributed by atoms with Crippen LogP contribution in [0.4, 0.5) is 5.88 Å². The number of hydrogen-bond donors (Lipinski definition) is 1. The van der Waals surface area contributed by atoms with Gasteiger partial charge in [0.1, 0.15) is 11.4 Å². The van der Waals surface area contributed by atoms with Gasteiger partial charge in [-0.25, -0.2) is 0 Å². The maximum atomic E-state index is 5.53. The molecule has 0 fully saturated rings. The fraction of sp³-hybridized carbons (Fsp3) is 0.250. The molecular weight excluding hydrogens is 284 g/mol. The smallest absolute Gasteiger partial charge is 0.222 e. The Kier molecular flexibility index (Phi) is 3.38. The van der Waals surface area contributed by atoms with Gasteiger partial charge in [-0.2, -0.15) is 0 Å². The number of aromatic nitrogens is 1. The van der Waals surface area contributed by atoms with Crippen LogP contribution in [-0.4, -0.2) is 12.3 Å².